The average Bonchev–Trinajstić information content (AvgIpc) is 3.26. The van der Waals surface area contributed by atoms with Crippen molar-refractivity contribution in [3.05, 3.63) is 95.3 Å². The summed E-state index contributed by atoms with van der Waals surface area (Å²) >= 11 is 0. The maximum Gasteiger partial charge on any atom is 0.279 e. The summed E-state index contributed by atoms with van der Waals surface area (Å²) in [6.07, 6.45) is 0.138. The van der Waals surface area contributed by atoms with Crippen LogP contribution in [-0.2, 0) is 20.0 Å². The highest BCUT2D eigenvalue weighted by atomic mass is 32.2. The summed E-state index contributed by atoms with van der Waals surface area (Å²) in [7, 11) is -7.65. The minimum absolute atomic E-state index is 0.0597. The van der Waals surface area contributed by atoms with Gasteiger partial charge in [0.2, 0.25) is 10.0 Å². The molecule has 1 aliphatic heterocycles. The van der Waals surface area contributed by atoms with Gasteiger partial charge < -0.3 is 0 Å². The van der Waals surface area contributed by atoms with Crippen LogP contribution in [0.2, 0.25) is 0 Å². The van der Waals surface area contributed by atoms with E-state index in [0.717, 1.165) is 9.98 Å². The van der Waals surface area contributed by atoms with E-state index in [9.17, 15) is 21.2 Å². The number of benzene rings is 3. The fourth-order valence-electron chi connectivity index (χ4n) is 3.72. The molecule has 7 nitrogen and oxygen atoms in total. The van der Waals surface area contributed by atoms with Crippen LogP contribution in [0.4, 0.5) is 10.1 Å². The molecule has 4 rings (SSSR count). The molecule has 34 heavy (non-hydrogen) atoms. The Morgan fingerprint density at radius 2 is 1.71 bits per heavy atom. The summed E-state index contributed by atoms with van der Waals surface area (Å²) in [4.78, 5) is 0.0597. The number of hydrogen-bond acceptors (Lipinski definition) is 5. The molecule has 178 valence electrons. The topological polar surface area (TPSA) is 95.9 Å². The number of nitrogens with one attached hydrogen (secondary N) is 1. The maximum absolute atomic E-state index is 14.0. The van der Waals surface area contributed by atoms with Crippen LogP contribution in [0.15, 0.2) is 82.8 Å². The molecule has 3 aromatic carbocycles. The van der Waals surface area contributed by atoms with Gasteiger partial charge in [-0.25, -0.2) is 12.8 Å². The Kier molecular flexibility index (Phi) is 6.46. The minimum Gasteiger partial charge on any atom is -0.283 e. The van der Waals surface area contributed by atoms with E-state index < -0.39 is 31.9 Å². The highest BCUT2D eigenvalue weighted by molar-refractivity contribution is 7.92. The Morgan fingerprint density at radius 1 is 1.00 bits per heavy atom. The van der Waals surface area contributed by atoms with Crippen molar-refractivity contribution in [2.45, 2.75) is 31.2 Å². The Morgan fingerprint density at radius 3 is 2.38 bits per heavy atom. The van der Waals surface area contributed by atoms with E-state index in [2.05, 4.69) is 9.82 Å². The SMILES string of the molecule is CCS(=O)(=O)Nc1ccccc1C1=NN(S(=O)(=O)c2ccc(C)cc2)[C@H](c2cccc(F)c2)C1. The van der Waals surface area contributed by atoms with Crippen LogP contribution in [0, 0.1) is 12.7 Å². The summed E-state index contributed by atoms with van der Waals surface area (Å²) in [6.45, 7) is 3.38. The zero-order chi connectivity index (χ0) is 24.5. The first-order chi connectivity index (χ1) is 16.1. The van der Waals surface area contributed by atoms with Gasteiger partial charge in [-0.15, -0.1) is 0 Å². The van der Waals surface area contributed by atoms with Gasteiger partial charge in [-0.1, -0.05) is 48.0 Å². The molecule has 0 spiro atoms. The Labute approximate surface area is 199 Å². The standard InChI is InChI=1S/C24H24FN3O4S2/c1-3-33(29,30)27-22-10-5-4-9-21(22)23-16-24(18-7-6-8-19(25)15-18)28(26-23)34(31,32)20-13-11-17(2)12-14-20/h4-15,24,27H,3,16H2,1-2H3/t24-/m0/s1. The predicted molar refractivity (Wildman–Crippen MR) is 130 cm³/mol. The van der Waals surface area contributed by atoms with Crippen molar-refractivity contribution in [2.75, 3.05) is 10.5 Å². The quantitative estimate of drug-likeness (QED) is 0.518. The van der Waals surface area contributed by atoms with Gasteiger partial charge in [0.05, 0.1) is 28.1 Å². The van der Waals surface area contributed by atoms with Crippen LogP contribution < -0.4 is 4.72 Å². The first-order valence-electron chi connectivity index (χ1n) is 10.6. The fourth-order valence-corrected chi connectivity index (χ4v) is 5.81. The molecule has 1 atom stereocenters. The summed E-state index contributed by atoms with van der Waals surface area (Å²) in [5.41, 5.74) is 2.49. The number of anilines is 1. The van der Waals surface area contributed by atoms with Gasteiger partial charge in [0.1, 0.15) is 5.82 Å². The van der Waals surface area contributed by atoms with Crippen LogP contribution in [0.5, 0.6) is 0 Å². The van der Waals surface area contributed by atoms with E-state index in [4.69, 9.17) is 0 Å². The van der Waals surface area contributed by atoms with Crippen LogP contribution in [0.1, 0.15) is 36.1 Å². The molecule has 10 heteroatoms. The lowest BCUT2D eigenvalue weighted by molar-refractivity contribution is 0.370. The number of hydrazone groups is 1. The highest BCUT2D eigenvalue weighted by Gasteiger charge is 2.38. The molecule has 0 fully saturated rings. The monoisotopic (exact) mass is 501 g/mol. The van der Waals surface area contributed by atoms with Crippen LogP contribution in [0.25, 0.3) is 0 Å². The number of halogens is 1. The third kappa shape index (κ3) is 4.83. The third-order valence-electron chi connectivity index (χ3n) is 5.55. The van der Waals surface area contributed by atoms with Crippen molar-refractivity contribution in [1.29, 1.82) is 0 Å². The van der Waals surface area contributed by atoms with E-state index in [1.165, 1.54) is 37.3 Å². The van der Waals surface area contributed by atoms with Gasteiger partial charge >= 0.3 is 0 Å². The number of sulfonamides is 2. The third-order valence-corrected chi connectivity index (χ3v) is 8.54. The van der Waals surface area contributed by atoms with E-state index in [1.807, 2.05) is 6.92 Å². The molecule has 3 aromatic rings. The number of rotatable bonds is 7. The second-order valence-corrected chi connectivity index (χ2v) is 11.8. The number of aryl methyl sites for hydroxylation is 1. The lowest BCUT2D eigenvalue weighted by Gasteiger charge is -2.23. The van der Waals surface area contributed by atoms with Gasteiger partial charge in [0.15, 0.2) is 0 Å². The van der Waals surface area contributed by atoms with E-state index in [0.29, 0.717) is 22.5 Å². The summed E-state index contributed by atoms with van der Waals surface area (Å²) in [6, 6.07) is 18.0. The van der Waals surface area contributed by atoms with Gasteiger partial charge in [-0.2, -0.15) is 17.9 Å². The van der Waals surface area contributed by atoms with Crippen molar-refractivity contribution in [2.24, 2.45) is 5.10 Å². The van der Waals surface area contributed by atoms with Gasteiger partial charge in [-0.05, 0) is 49.7 Å². The zero-order valence-corrected chi connectivity index (χ0v) is 20.3. The van der Waals surface area contributed by atoms with E-state index in [1.54, 1.807) is 42.5 Å². The normalized spacial score (nSPS) is 16.4. The van der Waals surface area contributed by atoms with Crippen LogP contribution >= 0.6 is 0 Å². The molecule has 0 unspecified atom stereocenters. The molecule has 0 bridgehead atoms. The Bertz CT molecular complexity index is 1450. The Balaban J connectivity index is 1.83. The average molecular weight is 502 g/mol. The summed E-state index contributed by atoms with van der Waals surface area (Å²) < 4.78 is 69.1. The van der Waals surface area contributed by atoms with E-state index in [-0.39, 0.29) is 17.1 Å². The molecule has 1 heterocycles. The zero-order valence-electron chi connectivity index (χ0n) is 18.6. The Hall–Kier alpha value is -3.24. The molecule has 0 amide bonds. The van der Waals surface area contributed by atoms with Crippen molar-refractivity contribution in [3.8, 4) is 0 Å². The summed E-state index contributed by atoms with van der Waals surface area (Å²) in [5, 5.41) is 4.44. The maximum atomic E-state index is 14.0. The van der Waals surface area contributed by atoms with Crippen molar-refractivity contribution in [1.82, 2.24) is 4.41 Å². The molecule has 0 saturated carbocycles. The molecule has 0 aromatic heterocycles. The lowest BCUT2D eigenvalue weighted by Crippen LogP contribution is -2.27. The van der Waals surface area contributed by atoms with Crippen molar-refractivity contribution < 1.29 is 21.2 Å². The molecule has 0 saturated heterocycles. The van der Waals surface area contributed by atoms with Crippen molar-refractivity contribution in [3.63, 3.8) is 0 Å². The van der Waals surface area contributed by atoms with E-state index >= 15 is 0 Å². The highest BCUT2D eigenvalue weighted by Crippen LogP contribution is 2.38. The van der Waals surface area contributed by atoms with Crippen molar-refractivity contribution >= 4 is 31.4 Å². The molecule has 1 aliphatic rings. The lowest BCUT2D eigenvalue weighted by atomic mass is 9.98. The van der Waals surface area contributed by atoms with Gasteiger partial charge in [0, 0.05) is 12.0 Å². The van der Waals surface area contributed by atoms with Crippen LogP contribution in [-0.4, -0.2) is 32.7 Å². The second-order valence-electron chi connectivity index (χ2n) is 7.96. The number of nitrogens with zero attached hydrogens (tertiary/aromatic N) is 2. The molecular formula is C24H24FN3O4S2. The fraction of sp³-hybridized carbons (Fsp3) is 0.208. The minimum atomic E-state index is -4.07. The molecular weight excluding hydrogens is 477 g/mol. The van der Waals surface area contributed by atoms with Gasteiger partial charge in [-0.3, -0.25) is 4.72 Å². The molecule has 0 aliphatic carbocycles. The predicted octanol–water partition coefficient (Wildman–Crippen LogP) is 4.44. The van der Waals surface area contributed by atoms with Gasteiger partial charge in [0.25, 0.3) is 10.0 Å². The largest absolute Gasteiger partial charge is 0.283 e. The number of para-hydroxylation sites is 1. The smallest absolute Gasteiger partial charge is 0.279 e. The number of hydrogen-bond donors (Lipinski definition) is 1. The summed E-state index contributed by atoms with van der Waals surface area (Å²) in [5.74, 6) is -0.608. The second kappa shape index (κ2) is 9.19. The molecule has 1 N–H and O–H groups in total. The van der Waals surface area contributed by atoms with Crippen LogP contribution in [0.3, 0.4) is 0 Å². The first kappa shape index (κ1) is 23.9. The first-order valence-corrected chi connectivity index (χ1v) is 13.7. The molecule has 0 radical (unpaired) electrons.